The van der Waals surface area contributed by atoms with Crippen LogP contribution >= 0.6 is 11.6 Å². The summed E-state index contributed by atoms with van der Waals surface area (Å²) in [5.41, 5.74) is 3.53. The number of phenolic OH excluding ortho intramolecular Hbond substituents is 1. The minimum atomic E-state index is -0.986. The molecule has 0 bridgehead atoms. The van der Waals surface area contributed by atoms with Crippen LogP contribution in [0, 0.1) is 17.8 Å². The van der Waals surface area contributed by atoms with Gasteiger partial charge in [0.25, 0.3) is 5.24 Å². The molecule has 18 heteroatoms. The number of hydrogen-bond acceptors (Lipinski definition) is 15. The highest BCUT2D eigenvalue weighted by Crippen LogP contribution is 2.52. The second kappa shape index (κ2) is 37.0. The van der Waals surface area contributed by atoms with E-state index in [0.29, 0.717) is 84.2 Å². The lowest BCUT2D eigenvalue weighted by atomic mass is 9.75. The molecule has 0 aromatic heterocycles. The summed E-state index contributed by atoms with van der Waals surface area (Å²) >= 11 is 5.26. The topological polar surface area (TPSA) is 247 Å². The number of aliphatic hydroxyl groups is 1. The number of esters is 2. The first-order valence-electron chi connectivity index (χ1n) is 31.9. The molecular weight excluding hydrogens is 1230 g/mol. The summed E-state index contributed by atoms with van der Waals surface area (Å²) in [6.07, 6.45) is 19.6. The first-order chi connectivity index (χ1) is 44.9. The zero-order chi connectivity index (χ0) is 69.9. The molecule has 1 saturated carbocycles. The number of hydrogen-bond donors (Lipinski definition) is 4. The number of carbonyl (C=O) groups excluding carboxylic acids is 3. The number of phenols is 1. The van der Waals surface area contributed by atoms with Crippen molar-refractivity contribution in [3.8, 4) is 28.7 Å². The number of carbonyl (C=O) groups is 5. The lowest BCUT2D eigenvalue weighted by Gasteiger charge is -2.36. The van der Waals surface area contributed by atoms with Crippen molar-refractivity contribution < 1.29 is 82.3 Å². The molecule has 5 aromatic carbocycles. The number of aromatic hydroxyl groups is 1. The summed E-state index contributed by atoms with van der Waals surface area (Å²) in [4.78, 5) is 56.3. The number of allylic oxidation sites excluding steroid dienone is 4. The van der Waals surface area contributed by atoms with E-state index in [9.17, 15) is 29.1 Å². The van der Waals surface area contributed by atoms with Gasteiger partial charge in [-0.2, -0.15) is 0 Å². The van der Waals surface area contributed by atoms with Crippen LogP contribution in [0.3, 0.4) is 0 Å². The van der Waals surface area contributed by atoms with E-state index in [1.165, 1.54) is 47.5 Å². The number of benzene rings is 5. The molecule has 10 rings (SSSR count). The Hall–Kier alpha value is -8.48. The van der Waals surface area contributed by atoms with Gasteiger partial charge in [0.1, 0.15) is 72.5 Å². The second-order valence-corrected chi connectivity index (χ2v) is 26.0. The summed E-state index contributed by atoms with van der Waals surface area (Å²) in [6, 6.07) is 32.4. The van der Waals surface area contributed by atoms with Crippen molar-refractivity contribution in [2.45, 2.75) is 155 Å². The minimum absolute atomic E-state index is 0.0741. The van der Waals surface area contributed by atoms with Crippen molar-refractivity contribution in [3.63, 3.8) is 0 Å². The smallest absolute Gasteiger partial charge is 0.338 e. The molecule has 95 heavy (non-hydrogen) atoms. The van der Waals surface area contributed by atoms with Gasteiger partial charge in [0.05, 0.1) is 46.2 Å². The first-order valence-corrected chi connectivity index (χ1v) is 32.3. The monoisotopic (exact) mass is 1330 g/mol. The van der Waals surface area contributed by atoms with Crippen molar-refractivity contribution in [2.75, 3.05) is 33.0 Å². The number of carboxylic acid groups (broad SMARTS) is 2. The second-order valence-electron chi connectivity index (χ2n) is 25.7. The number of fused-ring (bicyclic) bond motifs is 1. The molecule has 3 fully saturated rings. The number of epoxide rings is 2. The number of carboxylic acids is 2. The third-order valence-corrected chi connectivity index (χ3v) is 17.1. The molecular formula is C77H95ClO17. The molecule has 5 aromatic rings. The van der Waals surface area contributed by atoms with Gasteiger partial charge >= 0.3 is 23.9 Å². The normalized spacial score (nSPS) is 19.7. The fourth-order valence-corrected chi connectivity index (χ4v) is 10.5. The molecule has 512 valence electrons. The van der Waals surface area contributed by atoms with E-state index in [1.807, 2.05) is 41.5 Å². The standard InChI is InChI=1S/C20H26O5.C20H26O3.C10H9ClO2.C10H10O3.C10H18O.C7H6O3/c1-19(2,14-8-9-20(3)17(10-14)24-20)25-18(21)13-4-6-15(7-5-13)22-11-16-12-23-16;1-5-14-22-18-12-8-16(9-13-18)19(21)23-20(3,4)17-10-6-15(2)7-11-17;2*1-2-7-13-9-5-3-8(4-6-9)10(11)12;1-8-4-6-9(7-5-8)10(2,3)11;8-6-3-1-5(2-4-6)7(9)10/h4-7,14,16-17H,8-12H2,1-3H3;5-6,8-9,12-13,17H,1,7,10-11,14H2,2-4H3;2-6H,1,7H2;2-6H,1,7H2,(H,11,12);4,9,11H,5-7H2,1-3H3;1-4,8H,(H,9,10). The van der Waals surface area contributed by atoms with E-state index in [1.54, 1.807) is 103 Å². The average molecular weight is 1330 g/mol. The maximum absolute atomic E-state index is 12.5. The number of aromatic carboxylic acids is 2. The van der Waals surface area contributed by atoms with Crippen LogP contribution in [-0.2, 0) is 18.9 Å². The van der Waals surface area contributed by atoms with Crippen LogP contribution in [0.15, 0.2) is 183 Å². The van der Waals surface area contributed by atoms with E-state index in [-0.39, 0.29) is 40.5 Å². The van der Waals surface area contributed by atoms with Gasteiger partial charge in [-0.25, -0.2) is 19.2 Å². The molecule has 2 aliphatic heterocycles. The van der Waals surface area contributed by atoms with Crippen molar-refractivity contribution in [1.29, 1.82) is 0 Å². The summed E-state index contributed by atoms with van der Waals surface area (Å²) in [7, 11) is 0. The van der Waals surface area contributed by atoms with E-state index >= 15 is 0 Å². The lowest BCUT2D eigenvalue weighted by Crippen LogP contribution is -2.40. The predicted octanol–water partition coefficient (Wildman–Crippen LogP) is 16.5. The van der Waals surface area contributed by atoms with Gasteiger partial charge in [0.2, 0.25) is 0 Å². The Morgan fingerprint density at radius 1 is 0.558 bits per heavy atom. The molecule has 4 N–H and O–H groups in total. The highest BCUT2D eigenvalue weighted by atomic mass is 35.5. The Kier molecular flexibility index (Phi) is 30.1. The molecule has 6 unspecified atom stereocenters. The zero-order valence-electron chi connectivity index (χ0n) is 56.3. The zero-order valence-corrected chi connectivity index (χ0v) is 57.1. The van der Waals surface area contributed by atoms with E-state index in [4.69, 9.17) is 64.8 Å². The Labute approximate surface area is 565 Å². The van der Waals surface area contributed by atoms with E-state index < -0.39 is 34.0 Å². The summed E-state index contributed by atoms with van der Waals surface area (Å²) in [6.45, 7) is 31.6. The van der Waals surface area contributed by atoms with Crippen LogP contribution in [-0.4, -0.2) is 117 Å². The highest BCUT2D eigenvalue weighted by Gasteiger charge is 2.57. The van der Waals surface area contributed by atoms with Crippen LogP contribution in [0.2, 0.25) is 0 Å². The molecule has 3 aliphatic carbocycles. The molecule has 17 nitrogen and oxygen atoms in total. The first kappa shape index (κ1) is 77.2. The average Bonchev–Trinajstić information content (AvgIpc) is 1.59. The van der Waals surface area contributed by atoms with Crippen LogP contribution < -0.4 is 18.9 Å². The maximum Gasteiger partial charge on any atom is 0.338 e. The molecule has 5 aliphatic rings. The highest BCUT2D eigenvalue weighted by molar-refractivity contribution is 6.67. The van der Waals surface area contributed by atoms with Gasteiger partial charge in [0.15, 0.2) is 0 Å². The maximum atomic E-state index is 12.5. The Balaban J connectivity index is 0.000000214. The largest absolute Gasteiger partial charge is 0.508 e. The molecule has 0 radical (unpaired) electrons. The SMILES string of the molecule is C=CCOc1ccc(C(=O)Cl)cc1.C=CCOc1ccc(C(=O)O)cc1.C=CCOc1ccc(C(=O)OC(C)(C)C2CC=C(C)CC2)cc1.CC(C)(OC(=O)c1ccc(OCC2CO2)cc1)C1CCC2(C)OC2C1.CC1=CCC(C(C)(C)O)CC1.O=C(O)c1ccc(O)cc1. The van der Waals surface area contributed by atoms with Crippen LogP contribution in [0.5, 0.6) is 28.7 Å². The molecule has 2 heterocycles. The van der Waals surface area contributed by atoms with Gasteiger partial charge in [0, 0.05) is 17.4 Å². The predicted molar refractivity (Wildman–Crippen MR) is 368 cm³/mol. The molecule has 0 amide bonds. The van der Waals surface area contributed by atoms with Gasteiger partial charge in [-0.3, -0.25) is 4.79 Å². The van der Waals surface area contributed by atoms with Gasteiger partial charge < -0.3 is 58.3 Å². The van der Waals surface area contributed by atoms with Gasteiger partial charge in [-0.05, 0) is 259 Å². The van der Waals surface area contributed by atoms with Crippen molar-refractivity contribution in [1.82, 2.24) is 0 Å². The Morgan fingerprint density at radius 2 is 0.926 bits per heavy atom. The fraction of sp³-hybridized carbons (Fsp3) is 0.416. The minimum Gasteiger partial charge on any atom is -0.508 e. The summed E-state index contributed by atoms with van der Waals surface area (Å²) < 4.78 is 43.9. The van der Waals surface area contributed by atoms with Crippen LogP contribution in [0.25, 0.3) is 0 Å². The third-order valence-electron chi connectivity index (χ3n) is 16.9. The quantitative estimate of drug-likeness (QED) is 0.0218. The molecule has 2 saturated heterocycles. The van der Waals surface area contributed by atoms with Crippen molar-refractivity contribution in [3.05, 3.63) is 210 Å². The Bertz CT molecular complexity index is 3290. The fourth-order valence-electron chi connectivity index (χ4n) is 10.4. The van der Waals surface area contributed by atoms with Crippen molar-refractivity contribution in [2.24, 2.45) is 17.8 Å². The van der Waals surface area contributed by atoms with E-state index in [0.717, 1.165) is 70.1 Å². The number of rotatable bonds is 22. The Morgan fingerprint density at radius 3 is 1.27 bits per heavy atom. The molecule has 0 spiro atoms. The van der Waals surface area contributed by atoms with Gasteiger partial charge in [-0.15, -0.1) is 0 Å². The number of ether oxygens (including phenoxy) is 8. The lowest BCUT2D eigenvalue weighted by molar-refractivity contribution is -0.0380. The third kappa shape index (κ3) is 27.0. The summed E-state index contributed by atoms with van der Waals surface area (Å²) in [5.74, 6) is 1.54. The van der Waals surface area contributed by atoms with Gasteiger partial charge in [-0.1, -0.05) is 61.3 Å². The molecule has 6 atom stereocenters. The summed E-state index contributed by atoms with van der Waals surface area (Å²) in [5, 5.41) is 35.0. The van der Waals surface area contributed by atoms with Crippen LogP contribution in [0.4, 0.5) is 0 Å². The van der Waals surface area contributed by atoms with E-state index in [2.05, 4.69) is 52.7 Å². The number of halogens is 1. The van der Waals surface area contributed by atoms with Crippen LogP contribution in [0.1, 0.15) is 172 Å². The van der Waals surface area contributed by atoms with Crippen molar-refractivity contribution >= 4 is 40.7 Å².